The minimum absolute atomic E-state index is 0. The standard InChI is InChI=1S/C27H38N2.C9H10.ClH.Pd/c1-18(2)22-11-9-12-23(19(3)4)26(22)28-15-16-29(17-28)27-24(20(5)6)13-10-14-25(27)21(7)8;1-2-6-9-7-4-3-5-8-9;;/h9-14,18-21H,15-16H2,1-8H3;2-8H,1H3;1H;/q;;;+2/p-1/b;6-2+;;. The van der Waals surface area contributed by atoms with Crippen LogP contribution in [0, 0.1) is 0 Å². The number of hydrogen-bond donors (Lipinski definition) is 0. The molecule has 2 nitrogen and oxygen atoms in total. The average molecular weight is 651 g/mol. The molecule has 218 valence electrons. The smallest absolute Gasteiger partial charge is 1.00 e. The van der Waals surface area contributed by atoms with E-state index in [9.17, 15) is 0 Å². The molecule has 0 N–H and O–H groups in total. The van der Waals surface area contributed by atoms with Crippen molar-refractivity contribution < 1.29 is 37.4 Å². The van der Waals surface area contributed by atoms with Crippen molar-refractivity contribution >= 4 is 23.8 Å². The molecule has 0 amide bonds. The molecule has 0 unspecified atom stereocenters. The van der Waals surface area contributed by atoms with Gasteiger partial charge in [0.15, 0.2) is 0 Å². The van der Waals surface area contributed by atoms with Crippen LogP contribution in [-0.4, -0.2) is 24.0 Å². The molecule has 4 rings (SSSR count). The summed E-state index contributed by atoms with van der Waals surface area (Å²) in [5.41, 5.74) is 9.69. The van der Waals surface area contributed by atoms with E-state index in [1.54, 1.807) is 0 Å². The Morgan fingerprint density at radius 3 is 1.55 bits per heavy atom. The van der Waals surface area contributed by atoms with Gasteiger partial charge < -0.3 is 21.9 Å². The summed E-state index contributed by atoms with van der Waals surface area (Å²) in [6, 6.07) is 23.9. The molecular weight excluding hydrogens is 602 g/mol. The molecule has 0 fully saturated rings. The quantitative estimate of drug-likeness (QED) is 0.152. The first-order valence-corrected chi connectivity index (χ1v) is 14.4. The third kappa shape index (κ3) is 8.91. The van der Waals surface area contributed by atoms with Gasteiger partial charge in [0, 0.05) is 11.4 Å². The van der Waals surface area contributed by atoms with Crippen LogP contribution in [0.2, 0.25) is 0 Å². The summed E-state index contributed by atoms with van der Waals surface area (Å²) in [5.74, 6) is 1.98. The van der Waals surface area contributed by atoms with Crippen LogP contribution < -0.4 is 17.3 Å². The minimum Gasteiger partial charge on any atom is -1.00 e. The van der Waals surface area contributed by atoms with Gasteiger partial charge in [-0.2, -0.15) is 0 Å². The second kappa shape index (κ2) is 16.9. The molecule has 1 aliphatic heterocycles. The number of rotatable bonds is 7. The van der Waals surface area contributed by atoms with Crippen LogP contribution in [0.25, 0.3) is 6.08 Å². The summed E-state index contributed by atoms with van der Waals surface area (Å²) in [6.45, 7) is 22.3. The Labute approximate surface area is 264 Å². The molecule has 3 aromatic carbocycles. The van der Waals surface area contributed by atoms with Gasteiger partial charge in [-0.05, 0) is 36.2 Å². The first kappa shape index (κ1) is 35.8. The Morgan fingerprint density at radius 1 is 0.675 bits per heavy atom. The number of hydrogen-bond acceptors (Lipinski definition) is 1. The second-order valence-electron chi connectivity index (χ2n) is 11.5. The van der Waals surface area contributed by atoms with Crippen LogP contribution in [0.3, 0.4) is 0 Å². The van der Waals surface area contributed by atoms with E-state index < -0.39 is 0 Å². The van der Waals surface area contributed by atoms with E-state index in [4.69, 9.17) is 0 Å². The van der Waals surface area contributed by atoms with Crippen molar-refractivity contribution in [2.75, 3.05) is 18.0 Å². The summed E-state index contributed by atoms with van der Waals surface area (Å²) in [5, 5.41) is 0. The summed E-state index contributed by atoms with van der Waals surface area (Å²) >= 11 is 0. The van der Waals surface area contributed by atoms with Crippen molar-refractivity contribution in [2.24, 2.45) is 0 Å². The predicted molar refractivity (Wildman–Crippen MR) is 168 cm³/mol. The topological polar surface area (TPSA) is 6.25 Å². The van der Waals surface area contributed by atoms with Crippen LogP contribution >= 0.6 is 0 Å². The molecule has 0 aliphatic carbocycles. The normalized spacial score (nSPS) is 12.9. The number of benzene rings is 3. The summed E-state index contributed by atoms with van der Waals surface area (Å²) in [7, 11) is 0. The summed E-state index contributed by atoms with van der Waals surface area (Å²) < 4.78 is 2.38. The van der Waals surface area contributed by atoms with Crippen LogP contribution in [0.4, 0.5) is 11.4 Å². The molecule has 4 heteroatoms. The molecular formula is C36H48ClN2Pd+. The van der Waals surface area contributed by atoms with E-state index in [1.165, 1.54) is 39.2 Å². The van der Waals surface area contributed by atoms with E-state index in [2.05, 4.69) is 126 Å². The van der Waals surface area contributed by atoms with Crippen molar-refractivity contribution in [3.05, 3.63) is 101 Å². The van der Waals surface area contributed by atoms with E-state index in [-0.39, 0.29) is 32.8 Å². The number of anilines is 1. The van der Waals surface area contributed by atoms with Crippen LogP contribution in [0.5, 0.6) is 0 Å². The molecule has 0 atom stereocenters. The molecule has 0 aromatic heterocycles. The monoisotopic (exact) mass is 649 g/mol. The van der Waals surface area contributed by atoms with Crippen molar-refractivity contribution in [1.29, 1.82) is 0 Å². The first-order valence-electron chi connectivity index (χ1n) is 14.4. The van der Waals surface area contributed by atoms with Crippen LogP contribution in [0.1, 0.15) is 114 Å². The molecule has 1 heterocycles. The number of nitrogens with zero attached hydrogens (tertiary/aromatic N) is 2. The maximum atomic E-state index is 3.77. The molecule has 0 saturated heterocycles. The van der Waals surface area contributed by atoms with Gasteiger partial charge in [-0.15, -0.1) is 0 Å². The van der Waals surface area contributed by atoms with Gasteiger partial charge in [0.25, 0.3) is 0 Å². The zero-order valence-corrected chi connectivity index (χ0v) is 28.1. The fraction of sp³-hybridized carbons (Fsp3) is 0.417. The number of halogens is 1. The van der Waals surface area contributed by atoms with Gasteiger partial charge in [0.05, 0.1) is 0 Å². The maximum Gasteiger partial charge on any atom is 2.00 e. The Morgan fingerprint density at radius 2 is 1.12 bits per heavy atom. The largest absolute Gasteiger partial charge is 2.00 e. The van der Waals surface area contributed by atoms with Crippen molar-refractivity contribution in [3.8, 4) is 0 Å². The van der Waals surface area contributed by atoms with E-state index in [0.717, 1.165) is 13.1 Å². The third-order valence-corrected chi connectivity index (χ3v) is 7.17. The van der Waals surface area contributed by atoms with Gasteiger partial charge in [-0.1, -0.05) is 157 Å². The fourth-order valence-corrected chi connectivity index (χ4v) is 5.17. The third-order valence-electron chi connectivity index (χ3n) is 7.17. The first-order chi connectivity index (χ1) is 18.1. The van der Waals surface area contributed by atoms with Crippen LogP contribution in [-0.2, 0) is 20.4 Å². The maximum absolute atomic E-state index is 3.77. The van der Waals surface area contributed by atoms with Gasteiger partial charge in [0.1, 0.15) is 13.1 Å². The van der Waals surface area contributed by atoms with Gasteiger partial charge >= 0.3 is 20.4 Å². The van der Waals surface area contributed by atoms with Gasteiger partial charge in [-0.25, -0.2) is 0 Å². The number of para-hydroxylation sites is 2. The Balaban J connectivity index is 0.000000622. The van der Waals surface area contributed by atoms with E-state index >= 15 is 0 Å². The van der Waals surface area contributed by atoms with E-state index in [1.807, 2.05) is 31.2 Å². The van der Waals surface area contributed by atoms with Crippen molar-refractivity contribution in [3.63, 3.8) is 0 Å². The summed E-state index contributed by atoms with van der Waals surface area (Å²) in [6.07, 6.45) is 7.89. The summed E-state index contributed by atoms with van der Waals surface area (Å²) in [4.78, 5) is 2.38. The number of allylic oxidation sites excluding steroid dienone is 1. The van der Waals surface area contributed by atoms with Crippen molar-refractivity contribution in [1.82, 2.24) is 0 Å². The molecule has 3 aromatic rings. The minimum atomic E-state index is 0. The average Bonchev–Trinajstić information content (AvgIpc) is 3.38. The SMILES string of the molecule is C/C=C/c1ccccc1.CC(C)c1cccc(C(C)C)c1N1[C-]=[N+](c2c(C(C)C)cccc2C(C)C)CC1.[Cl-].[Pd+2]. The Hall–Kier alpha value is -2.18. The van der Waals surface area contributed by atoms with Gasteiger partial charge in [0.2, 0.25) is 6.34 Å². The Bertz CT molecular complexity index is 1190. The fourth-order valence-electron chi connectivity index (χ4n) is 5.17. The zero-order chi connectivity index (χ0) is 27.8. The molecule has 0 spiro atoms. The van der Waals surface area contributed by atoms with Crippen LogP contribution in [0.15, 0.2) is 72.8 Å². The zero-order valence-electron chi connectivity index (χ0n) is 25.8. The predicted octanol–water partition coefficient (Wildman–Crippen LogP) is 6.97. The molecule has 1 aliphatic rings. The van der Waals surface area contributed by atoms with E-state index in [0.29, 0.717) is 23.7 Å². The second-order valence-corrected chi connectivity index (χ2v) is 11.5. The van der Waals surface area contributed by atoms with Crippen molar-refractivity contribution in [2.45, 2.75) is 86.0 Å². The molecule has 0 saturated carbocycles. The molecule has 0 radical (unpaired) electrons. The Kier molecular flexibility index (Phi) is 15.2. The molecule has 0 bridgehead atoms. The van der Waals surface area contributed by atoms with Gasteiger partial charge in [-0.3, -0.25) is 0 Å². The molecule has 40 heavy (non-hydrogen) atoms.